The van der Waals surface area contributed by atoms with Crippen molar-refractivity contribution in [3.8, 4) is 17.2 Å². The molecule has 184 valence electrons. The lowest BCUT2D eigenvalue weighted by atomic mass is 10.2. The lowest BCUT2D eigenvalue weighted by Gasteiger charge is -2.13. The number of nitrogens with one attached hydrogen (secondary N) is 2. The molecule has 0 aliphatic rings. The molecule has 9 nitrogen and oxygen atoms in total. The van der Waals surface area contributed by atoms with Crippen LogP contribution in [0.2, 0.25) is 10.0 Å². The van der Waals surface area contributed by atoms with Crippen molar-refractivity contribution < 1.29 is 15.0 Å². The van der Waals surface area contributed by atoms with Crippen molar-refractivity contribution in [2.24, 2.45) is 5.10 Å². The Labute approximate surface area is 220 Å². The van der Waals surface area contributed by atoms with Gasteiger partial charge in [-0.2, -0.15) is 5.10 Å². The standard InChI is InChI=1S/C24H20Cl2N6O3S/c25-16-7-9-20(19(26)10-16)32-22(13-27-17-4-2-1-3-5-17)29-31-24(32)36-14-23(35)30-28-12-15-6-8-18(33)11-21(15)34/h1-12,27,33-34H,13-14H2,(H,30,35)/b28-12-. The molecular formula is C24H20Cl2N6O3S. The van der Waals surface area contributed by atoms with Gasteiger partial charge in [0.2, 0.25) is 0 Å². The maximum atomic E-state index is 12.4. The van der Waals surface area contributed by atoms with Crippen LogP contribution in [0.1, 0.15) is 11.4 Å². The monoisotopic (exact) mass is 542 g/mol. The molecule has 4 N–H and O–H groups in total. The number of amides is 1. The number of benzene rings is 3. The van der Waals surface area contributed by atoms with E-state index in [0.717, 1.165) is 17.4 Å². The van der Waals surface area contributed by atoms with Crippen molar-refractivity contribution in [2.75, 3.05) is 11.1 Å². The van der Waals surface area contributed by atoms with E-state index in [2.05, 4.69) is 26.0 Å². The van der Waals surface area contributed by atoms with Gasteiger partial charge in [-0.3, -0.25) is 9.36 Å². The molecule has 0 aliphatic heterocycles. The molecule has 4 rings (SSSR count). The SMILES string of the molecule is O=C(CSc1nnc(CNc2ccccc2)n1-c1ccc(Cl)cc1Cl)N/N=C\c1ccc(O)cc1O. The fraction of sp³-hybridized carbons (Fsp3) is 0.0833. The number of rotatable bonds is 9. The molecule has 1 amide bonds. The number of halogens is 2. The van der Waals surface area contributed by atoms with Gasteiger partial charge in [-0.15, -0.1) is 10.2 Å². The van der Waals surface area contributed by atoms with E-state index in [9.17, 15) is 15.0 Å². The molecule has 0 saturated carbocycles. The second-order valence-corrected chi connectivity index (χ2v) is 9.16. The minimum atomic E-state index is -0.393. The van der Waals surface area contributed by atoms with E-state index in [1.165, 1.54) is 24.4 Å². The third kappa shape index (κ3) is 6.48. The summed E-state index contributed by atoms with van der Waals surface area (Å²) >= 11 is 13.7. The second-order valence-electron chi connectivity index (χ2n) is 7.37. The van der Waals surface area contributed by atoms with Crippen LogP contribution in [-0.4, -0.2) is 42.9 Å². The Morgan fingerprint density at radius 2 is 1.86 bits per heavy atom. The highest BCUT2D eigenvalue weighted by molar-refractivity contribution is 7.99. The molecule has 0 bridgehead atoms. The summed E-state index contributed by atoms with van der Waals surface area (Å²) in [6, 6.07) is 18.8. The average molecular weight is 543 g/mol. The van der Waals surface area contributed by atoms with Crippen LogP contribution in [0.3, 0.4) is 0 Å². The number of hydrazone groups is 1. The number of aromatic hydroxyl groups is 2. The maximum Gasteiger partial charge on any atom is 0.250 e. The molecule has 0 unspecified atom stereocenters. The quantitative estimate of drug-likeness (QED) is 0.135. The van der Waals surface area contributed by atoms with Crippen LogP contribution in [0, 0.1) is 0 Å². The van der Waals surface area contributed by atoms with E-state index in [1.807, 2.05) is 30.3 Å². The Balaban J connectivity index is 1.48. The summed E-state index contributed by atoms with van der Waals surface area (Å²) in [7, 11) is 0. The first-order valence-corrected chi connectivity index (χ1v) is 12.3. The zero-order valence-electron chi connectivity index (χ0n) is 18.6. The molecule has 0 saturated heterocycles. The molecule has 0 atom stereocenters. The van der Waals surface area contributed by atoms with Gasteiger partial charge >= 0.3 is 0 Å². The lowest BCUT2D eigenvalue weighted by Crippen LogP contribution is -2.20. The van der Waals surface area contributed by atoms with Crippen molar-refractivity contribution in [1.29, 1.82) is 0 Å². The summed E-state index contributed by atoms with van der Waals surface area (Å²) < 4.78 is 1.77. The Bertz CT molecular complexity index is 1400. The van der Waals surface area contributed by atoms with Crippen LogP contribution >= 0.6 is 35.0 Å². The van der Waals surface area contributed by atoms with Gasteiger partial charge in [0, 0.05) is 22.3 Å². The fourth-order valence-corrected chi connectivity index (χ4v) is 4.38. The molecule has 0 fully saturated rings. The molecular weight excluding hydrogens is 523 g/mol. The number of para-hydroxylation sites is 1. The number of aromatic nitrogens is 3. The predicted octanol–water partition coefficient (Wildman–Crippen LogP) is 4.84. The van der Waals surface area contributed by atoms with Gasteiger partial charge < -0.3 is 15.5 Å². The number of thioether (sulfide) groups is 1. The molecule has 1 heterocycles. The van der Waals surface area contributed by atoms with Crippen LogP contribution in [0.15, 0.2) is 77.0 Å². The average Bonchev–Trinajstić information content (AvgIpc) is 3.26. The van der Waals surface area contributed by atoms with Crippen molar-refractivity contribution in [3.05, 3.63) is 88.2 Å². The van der Waals surface area contributed by atoms with E-state index in [0.29, 0.717) is 38.8 Å². The van der Waals surface area contributed by atoms with Crippen molar-refractivity contribution in [3.63, 3.8) is 0 Å². The highest BCUT2D eigenvalue weighted by Gasteiger charge is 2.18. The Kier molecular flexibility index (Phi) is 8.32. The van der Waals surface area contributed by atoms with Crippen molar-refractivity contribution >= 4 is 52.8 Å². The first kappa shape index (κ1) is 25.4. The fourth-order valence-electron chi connectivity index (χ4n) is 3.13. The number of nitrogens with zero attached hydrogens (tertiary/aromatic N) is 4. The first-order chi connectivity index (χ1) is 17.4. The molecule has 12 heteroatoms. The Hall–Kier alpha value is -3.73. The summed E-state index contributed by atoms with van der Waals surface area (Å²) in [4.78, 5) is 12.4. The molecule has 4 aromatic rings. The summed E-state index contributed by atoms with van der Waals surface area (Å²) in [5.74, 6) is -0.0451. The van der Waals surface area contributed by atoms with Crippen LogP contribution in [0.4, 0.5) is 5.69 Å². The third-order valence-corrected chi connectivity index (χ3v) is 6.28. The zero-order valence-corrected chi connectivity index (χ0v) is 20.9. The number of hydrogen-bond acceptors (Lipinski definition) is 8. The van der Waals surface area contributed by atoms with Gasteiger partial charge in [0.25, 0.3) is 5.91 Å². The van der Waals surface area contributed by atoms with Gasteiger partial charge in [-0.25, -0.2) is 5.43 Å². The summed E-state index contributed by atoms with van der Waals surface area (Å²) in [6.07, 6.45) is 1.28. The summed E-state index contributed by atoms with van der Waals surface area (Å²) in [5.41, 5.74) is 4.28. The van der Waals surface area contributed by atoms with E-state index in [-0.39, 0.29) is 17.3 Å². The third-order valence-electron chi connectivity index (χ3n) is 4.81. The summed E-state index contributed by atoms with van der Waals surface area (Å²) in [6.45, 7) is 0.364. The van der Waals surface area contributed by atoms with Crippen LogP contribution < -0.4 is 10.7 Å². The largest absolute Gasteiger partial charge is 0.508 e. The highest BCUT2D eigenvalue weighted by atomic mass is 35.5. The number of hydrogen-bond donors (Lipinski definition) is 4. The normalized spacial score (nSPS) is 11.1. The number of carbonyl (C=O) groups is 1. The highest BCUT2D eigenvalue weighted by Crippen LogP contribution is 2.29. The lowest BCUT2D eigenvalue weighted by molar-refractivity contribution is -0.118. The Morgan fingerprint density at radius 3 is 2.61 bits per heavy atom. The summed E-state index contributed by atoms with van der Waals surface area (Å²) in [5, 5.41) is 36.2. The van der Waals surface area contributed by atoms with Crippen LogP contribution in [0.25, 0.3) is 5.69 Å². The minimum absolute atomic E-state index is 0.00560. The van der Waals surface area contributed by atoms with E-state index in [4.69, 9.17) is 23.2 Å². The molecule has 1 aromatic heterocycles. The van der Waals surface area contributed by atoms with Gasteiger partial charge in [0.15, 0.2) is 11.0 Å². The zero-order chi connectivity index (χ0) is 25.5. The van der Waals surface area contributed by atoms with Crippen molar-refractivity contribution in [1.82, 2.24) is 20.2 Å². The van der Waals surface area contributed by atoms with Crippen LogP contribution in [-0.2, 0) is 11.3 Å². The van der Waals surface area contributed by atoms with Gasteiger partial charge in [-0.1, -0.05) is 53.2 Å². The number of phenolic OH excluding ortho intramolecular Hbond substituents is 2. The molecule has 3 aromatic carbocycles. The molecule has 0 radical (unpaired) electrons. The molecule has 0 aliphatic carbocycles. The van der Waals surface area contributed by atoms with Gasteiger partial charge in [-0.05, 0) is 42.5 Å². The topological polar surface area (TPSA) is 125 Å². The van der Waals surface area contributed by atoms with E-state index >= 15 is 0 Å². The molecule has 36 heavy (non-hydrogen) atoms. The maximum absolute atomic E-state index is 12.4. The van der Waals surface area contributed by atoms with Gasteiger partial charge in [0.05, 0.1) is 29.2 Å². The predicted molar refractivity (Wildman–Crippen MR) is 141 cm³/mol. The number of anilines is 1. The number of carbonyl (C=O) groups excluding carboxylic acids is 1. The number of phenols is 2. The first-order valence-electron chi connectivity index (χ1n) is 10.6. The second kappa shape index (κ2) is 11.8. The van der Waals surface area contributed by atoms with E-state index in [1.54, 1.807) is 22.8 Å². The Morgan fingerprint density at radius 1 is 1.06 bits per heavy atom. The molecule has 0 spiro atoms. The smallest absolute Gasteiger partial charge is 0.250 e. The van der Waals surface area contributed by atoms with Crippen LogP contribution in [0.5, 0.6) is 11.5 Å². The minimum Gasteiger partial charge on any atom is -0.508 e. The van der Waals surface area contributed by atoms with E-state index < -0.39 is 5.91 Å². The van der Waals surface area contributed by atoms with Gasteiger partial charge in [0.1, 0.15) is 11.5 Å². The van der Waals surface area contributed by atoms with Crippen molar-refractivity contribution in [2.45, 2.75) is 11.7 Å².